The number of aromatic nitrogens is 2. The van der Waals surface area contributed by atoms with E-state index in [1.807, 2.05) is 42.0 Å². The molecule has 1 heterocycles. The molecule has 0 saturated heterocycles. The molecule has 0 spiro atoms. The Kier molecular flexibility index (Phi) is 3.41. The third-order valence-electron chi connectivity index (χ3n) is 2.46. The number of benzene rings is 1. The van der Waals surface area contributed by atoms with Gasteiger partial charge in [-0.3, -0.25) is 0 Å². The number of aliphatic hydroxyl groups is 1. The average molecular weight is 281 g/mol. The molecule has 16 heavy (non-hydrogen) atoms. The second kappa shape index (κ2) is 4.80. The van der Waals surface area contributed by atoms with Crippen LogP contribution in [0.2, 0.25) is 0 Å². The van der Waals surface area contributed by atoms with Gasteiger partial charge in [0.25, 0.3) is 0 Å². The van der Waals surface area contributed by atoms with Crippen LogP contribution in [-0.2, 0) is 6.54 Å². The summed E-state index contributed by atoms with van der Waals surface area (Å²) in [6.07, 6.45) is 1.97. The number of halogens is 1. The molecule has 0 saturated carbocycles. The van der Waals surface area contributed by atoms with E-state index >= 15 is 0 Å². The molecule has 2 aromatic rings. The van der Waals surface area contributed by atoms with Crippen LogP contribution in [0, 0.1) is 6.92 Å². The van der Waals surface area contributed by atoms with E-state index in [0.29, 0.717) is 6.54 Å². The van der Waals surface area contributed by atoms with Gasteiger partial charge in [0.1, 0.15) is 5.82 Å². The molecule has 0 amide bonds. The molecule has 0 aliphatic rings. The highest BCUT2D eigenvalue weighted by Crippen LogP contribution is 2.20. The van der Waals surface area contributed by atoms with Crippen LogP contribution >= 0.6 is 15.9 Å². The summed E-state index contributed by atoms with van der Waals surface area (Å²) in [5.74, 6) is 0.923. The summed E-state index contributed by atoms with van der Waals surface area (Å²) in [7, 11) is 0. The Morgan fingerprint density at radius 1 is 1.31 bits per heavy atom. The van der Waals surface area contributed by atoms with Crippen LogP contribution in [0.1, 0.15) is 5.82 Å². The van der Waals surface area contributed by atoms with Gasteiger partial charge in [-0.05, 0) is 19.1 Å². The predicted octanol–water partition coefficient (Wildman–Crippen LogP) is 2.61. The number of aryl methyl sites for hydroxylation is 1. The molecule has 1 aromatic carbocycles. The molecule has 84 valence electrons. The van der Waals surface area contributed by atoms with Gasteiger partial charge < -0.3 is 9.67 Å². The zero-order valence-corrected chi connectivity index (χ0v) is 10.6. The van der Waals surface area contributed by atoms with Crippen molar-refractivity contribution in [3.8, 4) is 11.3 Å². The molecular weight excluding hydrogens is 268 g/mol. The smallest absolute Gasteiger partial charge is 0.106 e. The SMILES string of the molecule is Cc1nc(-c2ccc(Br)cc2)cn1CCO. The first kappa shape index (κ1) is 11.4. The molecule has 0 aliphatic carbocycles. The number of imidazole rings is 1. The summed E-state index contributed by atoms with van der Waals surface area (Å²) in [5, 5.41) is 8.91. The van der Waals surface area contributed by atoms with Crippen LogP contribution in [0.15, 0.2) is 34.9 Å². The molecule has 0 unspecified atom stereocenters. The maximum Gasteiger partial charge on any atom is 0.106 e. The maximum absolute atomic E-state index is 8.91. The molecular formula is C12H13BrN2O. The van der Waals surface area contributed by atoms with Gasteiger partial charge in [0.2, 0.25) is 0 Å². The quantitative estimate of drug-likeness (QED) is 0.939. The number of aliphatic hydroxyl groups excluding tert-OH is 1. The summed E-state index contributed by atoms with van der Waals surface area (Å²) in [6.45, 7) is 2.67. The minimum absolute atomic E-state index is 0.136. The van der Waals surface area contributed by atoms with Crippen molar-refractivity contribution in [2.24, 2.45) is 0 Å². The third kappa shape index (κ3) is 2.33. The lowest BCUT2D eigenvalue weighted by atomic mass is 10.2. The first-order valence-electron chi connectivity index (χ1n) is 5.11. The minimum atomic E-state index is 0.136. The van der Waals surface area contributed by atoms with Crippen LogP contribution in [0.3, 0.4) is 0 Å². The third-order valence-corrected chi connectivity index (χ3v) is 2.99. The fourth-order valence-electron chi connectivity index (χ4n) is 1.60. The first-order valence-corrected chi connectivity index (χ1v) is 5.90. The van der Waals surface area contributed by atoms with Crippen molar-refractivity contribution in [2.75, 3.05) is 6.61 Å². The Hall–Kier alpha value is -1.13. The summed E-state index contributed by atoms with van der Waals surface area (Å²) < 4.78 is 3.01. The van der Waals surface area contributed by atoms with E-state index in [1.165, 1.54) is 0 Å². The molecule has 0 bridgehead atoms. The lowest BCUT2D eigenvalue weighted by Gasteiger charge is -1.99. The van der Waals surface area contributed by atoms with Crippen molar-refractivity contribution in [3.63, 3.8) is 0 Å². The highest BCUT2D eigenvalue weighted by molar-refractivity contribution is 9.10. The zero-order valence-electron chi connectivity index (χ0n) is 9.02. The zero-order chi connectivity index (χ0) is 11.5. The van der Waals surface area contributed by atoms with Gasteiger partial charge in [0.05, 0.1) is 12.3 Å². The predicted molar refractivity (Wildman–Crippen MR) is 67.2 cm³/mol. The Labute approximate surface area is 103 Å². The van der Waals surface area contributed by atoms with Gasteiger partial charge in [0.15, 0.2) is 0 Å². The molecule has 2 rings (SSSR count). The Morgan fingerprint density at radius 3 is 2.62 bits per heavy atom. The standard InChI is InChI=1S/C12H13BrN2O/c1-9-14-12(8-15(9)6-7-16)10-2-4-11(13)5-3-10/h2-5,8,16H,6-7H2,1H3. The number of nitrogens with zero attached hydrogens (tertiary/aromatic N) is 2. The van der Waals surface area contributed by atoms with Crippen molar-refractivity contribution >= 4 is 15.9 Å². The van der Waals surface area contributed by atoms with Gasteiger partial charge in [-0.1, -0.05) is 28.1 Å². The largest absolute Gasteiger partial charge is 0.395 e. The van der Waals surface area contributed by atoms with E-state index < -0.39 is 0 Å². The monoisotopic (exact) mass is 280 g/mol. The molecule has 0 radical (unpaired) electrons. The van der Waals surface area contributed by atoms with Crippen LogP contribution in [-0.4, -0.2) is 21.3 Å². The second-order valence-electron chi connectivity index (χ2n) is 3.60. The average Bonchev–Trinajstić information content (AvgIpc) is 2.62. The topological polar surface area (TPSA) is 38.0 Å². The van der Waals surface area contributed by atoms with Crippen molar-refractivity contribution < 1.29 is 5.11 Å². The number of hydrogen-bond donors (Lipinski definition) is 1. The molecule has 1 aromatic heterocycles. The van der Waals surface area contributed by atoms with Gasteiger partial charge in [-0.25, -0.2) is 4.98 Å². The maximum atomic E-state index is 8.91. The lowest BCUT2D eigenvalue weighted by Crippen LogP contribution is -2.02. The molecule has 4 heteroatoms. The van der Waals surface area contributed by atoms with Crippen LogP contribution < -0.4 is 0 Å². The van der Waals surface area contributed by atoms with E-state index in [1.54, 1.807) is 0 Å². The van der Waals surface area contributed by atoms with E-state index in [4.69, 9.17) is 5.11 Å². The van der Waals surface area contributed by atoms with E-state index in [9.17, 15) is 0 Å². The molecule has 1 N–H and O–H groups in total. The van der Waals surface area contributed by atoms with E-state index in [-0.39, 0.29) is 6.61 Å². The molecule has 3 nitrogen and oxygen atoms in total. The van der Waals surface area contributed by atoms with Gasteiger partial charge in [-0.15, -0.1) is 0 Å². The molecule has 0 aliphatic heterocycles. The van der Waals surface area contributed by atoms with Gasteiger partial charge in [-0.2, -0.15) is 0 Å². The first-order chi connectivity index (χ1) is 7.70. The highest BCUT2D eigenvalue weighted by atomic mass is 79.9. The second-order valence-corrected chi connectivity index (χ2v) is 4.51. The molecule has 0 atom stereocenters. The fourth-order valence-corrected chi connectivity index (χ4v) is 1.87. The van der Waals surface area contributed by atoms with Crippen LogP contribution in [0.4, 0.5) is 0 Å². The normalized spacial score (nSPS) is 10.7. The highest BCUT2D eigenvalue weighted by Gasteiger charge is 2.05. The summed E-state index contributed by atoms with van der Waals surface area (Å²) in [5.41, 5.74) is 2.03. The Bertz CT molecular complexity index is 476. The number of hydrogen-bond acceptors (Lipinski definition) is 2. The van der Waals surface area contributed by atoms with Crippen LogP contribution in [0.5, 0.6) is 0 Å². The Balaban J connectivity index is 2.33. The van der Waals surface area contributed by atoms with Crippen LogP contribution in [0.25, 0.3) is 11.3 Å². The van der Waals surface area contributed by atoms with E-state index in [0.717, 1.165) is 21.6 Å². The van der Waals surface area contributed by atoms with E-state index in [2.05, 4.69) is 20.9 Å². The summed E-state index contributed by atoms with van der Waals surface area (Å²) in [4.78, 5) is 4.47. The van der Waals surface area contributed by atoms with Crippen molar-refractivity contribution in [1.29, 1.82) is 0 Å². The number of rotatable bonds is 3. The summed E-state index contributed by atoms with van der Waals surface area (Å²) in [6, 6.07) is 8.04. The molecule has 0 fully saturated rings. The minimum Gasteiger partial charge on any atom is -0.395 e. The van der Waals surface area contributed by atoms with Gasteiger partial charge >= 0.3 is 0 Å². The lowest BCUT2D eigenvalue weighted by molar-refractivity contribution is 0.275. The van der Waals surface area contributed by atoms with Crippen molar-refractivity contribution in [3.05, 3.63) is 40.8 Å². The van der Waals surface area contributed by atoms with Crippen molar-refractivity contribution in [1.82, 2.24) is 9.55 Å². The summed E-state index contributed by atoms with van der Waals surface area (Å²) >= 11 is 3.40. The fraction of sp³-hybridized carbons (Fsp3) is 0.250. The van der Waals surface area contributed by atoms with Gasteiger partial charge in [0, 0.05) is 22.8 Å². The van der Waals surface area contributed by atoms with Crippen molar-refractivity contribution in [2.45, 2.75) is 13.5 Å². The Morgan fingerprint density at radius 2 is 2.00 bits per heavy atom.